The van der Waals surface area contributed by atoms with Crippen molar-refractivity contribution in [3.05, 3.63) is 132 Å². The van der Waals surface area contributed by atoms with Gasteiger partial charge in [0.2, 0.25) is 0 Å². The Morgan fingerprint density at radius 3 is 1.16 bits per heavy atom. The van der Waals surface area contributed by atoms with Crippen molar-refractivity contribution in [2.24, 2.45) is 10.4 Å². The Morgan fingerprint density at radius 1 is 0.440 bits per heavy atom. The van der Waals surface area contributed by atoms with Crippen LogP contribution in [0.3, 0.4) is 0 Å². The highest BCUT2D eigenvalue weighted by atomic mass is 14.9. The molecule has 1 N–H and O–H groups in total. The molecule has 3 heteroatoms. The molecule has 260 valence electrons. The van der Waals surface area contributed by atoms with E-state index in [0.29, 0.717) is 0 Å². The van der Waals surface area contributed by atoms with Gasteiger partial charge in [0, 0.05) is 29.2 Å². The van der Waals surface area contributed by atoms with Crippen molar-refractivity contribution in [1.82, 2.24) is 9.97 Å². The molecule has 0 amide bonds. The second kappa shape index (κ2) is 14.0. The van der Waals surface area contributed by atoms with Gasteiger partial charge in [0.1, 0.15) is 5.82 Å². The molecule has 0 saturated carbocycles. The Balaban J connectivity index is 0.000000194. The molecule has 1 aromatic heterocycles. The summed E-state index contributed by atoms with van der Waals surface area (Å²) in [4.78, 5) is 12.6. The van der Waals surface area contributed by atoms with Gasteiger partial charge in [-0.1, -0.05) is 180 Å². The Kier molecular flexibility index (Phi) is 10.3. The Labute approximate surface area is 302 Å². The number of aromatic amines is 1. The van der Waals surface area contributed by atoms with Gasteiger partial charge in [-0.2, -0.15) is 0 Å². The highest BCUT2D eigenvalue weighted by Crippen LogP contribution is 2.33. The van der Waals surface area contributed by atoms with Gasteiger partial charge in [-0.25, -0.2) is 4.98 Å². The fraction of sp³-hybridized carbons (Fsp3) is 0.362. The van der Waals surface area contributed by atoms with Crippen molar-refractivity contribution in [2.45, 2.75) is 106 Å². The first-order valence-electron chi connectivity index (χ1n) is 18.0. The topological polar surface area (TPSA) is 41.0 Å². The number of nitrogens with zero attached hydrogens (tertiary/aromatic N) is 2. The van der Waals surface area contributed by atoms with Gasteiger partial charge < -0.3 is 4.98 Å². The molecule has 0 spiro atoms. The molecule has 0 atom stereocenters. The third kappa shape index (κ3) is 8.99. The van der Waals surface area contributed by atoms with E-state index in [1.54, 1.807) is 0 Å². The quantitative estimate of drug-likeness (QED) is 0.204. The van der Waals surface area contributed by atoms with Crippen molar-refractivity contribution in [2.75, 3.05) is 0 Å². The zero-order valence-electron chi connectivity index (χ0n) is 32.5. The van der Waals surface area contributed by atoms with E-state index >= 15 is 0 Å². The number of imidazole rings is 1. The van der Waals surface area contributed by atoms with E-state index in [4.69, 9.17) is 0 Å². The Morgan fingerprint density at radius 2 is 0.820 bits per heavy atom. The predicted molar refractivity (Wildman–Crippen MR) is 217 cm³/mol. The number of rotatable bonds is 4. The summed E-state index contributed by atoms with van der Waals surface area (Å²) in [5.74, 6) is 1.02. The summed E-state index contributed by atoms with van der Waals surface area (Å²) in [6.45, 7) is 26.7. The molecule has 1 aliphatic rings. The number of benzene rings is 4. The number of aliphatic imine (C=N–C) groups is 1. The molecule has 0 unspecified atom stereocenters. The lowest BCUT2D eigenvalue weighted by Gasteiger charge is -2.19. The van der Waals surface area contributed by atoms with Gasteiger partial charge in [-0.15, -0.1) is 0 Å². The summed E-state index contributed by atoms with van der Waals surface area (Å²) in [6.07, 6.45) is 4.92. The molecule has 3 nitrogen and oxygen atoms in total. The molecule has 50 heavy (non-hydrogen) atoms. The zero-order valence-corrected chi connectivity index (χ0v) is 32.5. The molecule has 0 bridgehead atoms. The van der Waals surface area contributed by atoms with Gasteiger partial charge in [-0.3, -0.25) is 4.99 Å². The van der Waals surface area contributed by atoms with Crippen LogP contribution in [0.2, 0.25) is 0 Å². The largest absolute Gasteiger partial charge is 0.342 e. The van der Waals surface area contributed by atoms with E-state index in [2.05, 4.69) is 195 Å². The van der Waals surface area contributed by atoms with E-state index in [0.717, 1.165) is 23.5 Å². The van der Waals surface area contributed by atoms with E-state index in [1.165, 1.54) is 50.2 Å². The second-order valence-corrected chi connectivity index (χ2v) is 17.9. The normalized spacial score (nSPS) is 13.8. The number of allylic oxidation sites excluding steroid dienone is 1. The van der Waals surface area contributed by atoms with E-state index in [9.17, 15) is 0 Å². The second-order valence-electron chi connectivity index (χ2n) is 17.9. The molecule has 0 saturated heterocycles. The van der Waals surface area contributed by atoms with Gasteiger partial charge in [0.05, 0.1) is 11.9 Å². The standard InChI is InChI=1S/C24H29N.C23H28N2/c1-23(2,3)21-13-11-18(12-14-21)17-7-9-19(10-8-17)20-15-22(25-16-20)24(4,5)6;1-22(2,3)19-13-11-17(12-14-19)16-7-9-18(10-8-16)20-15-24-21(25-20)23(4,5)6/h7-14,16H,15H2,1-6H3;7-15H,1-6H3,(H,24,25). The monoisotopic (exact) mass is 663 g/mol. The van der Waals surface area contributed by atoms with Crippen LogP contribution in [0.5, 0.6) is 0 Å². The molecule has 0 fully saturated rings. The minimum atomic E-state index is 0.0347. The average Bonchev–Trinajstić information content (AvgIpc) is 3.76. The van der Waals surface area contributed by atoms with E-state index < -0.39 is 0 Å². The molecule has 4 aromatic carbocycles. The van der Waals surface area contributed by atoms with Crippen molar-refractivity contribution in [1.29, 1.82) is 0 Å². The van der Waals surface area contributed by atoms with Gasteiger partial charge in [0.15, 0.2) is 0 Å². The summed E-state index contributed by atoms with van der Waals surface area (Å²) in [7, 11) is 0. The summed E-state index contributed by atoms with van der Waals surface area (Å²) in [5, 5.41) is 0. The fourth-order valence-corrected chi connectivity index (χ4v) is 5.96. The van der Waals surface area contributed by atoms with Crippen LogP contribution in [-0.4, -0.2) is 15.7 Å². The first kappa shape index (κ1) is 36.8. The van der Waals surface area contributed by atoms with Crippen LogP contribution in [0.1, 0.15) is 112 Å². The minimum absolute atomic E-state index is 0.0347. The minimum Gasteiger partial charge on any atom is -0.342 e. The highest BCUT2D eigenvalue weighted by Gasteiger charge is 2.23. The third-order valence-corrected chi connectivity index (χ3v) is 9.51. The molecule has 2 heterocycles. The van der Waals surface area contributed by atoms with Crippen LogP contribution in [0.15, 0.2) is 114 Å². The smallest absolute Gasteiger partial charge is 0.111 e. The number of hydrogen-bond acceptors (Lipinski definition) is 2. The average molecular weight is 664 g/mol. The zero-order chi connectivity index (χ0) is 36.5. The number of nitrogens with one attached hydrogen (secondary N) is 1. The SMILES string of the molecule is CC(C)(C)C1=NC=C(c2ccc(-c3ccc(C(C)(C)C)cc3)cc2)C1.CC(C)(C)c1ccc(-c2ccc(-c3cnc(C(C)(C)C)[nH]3)cc2)cc1. The van der Waals surface area contributed by atoms with Crippen LogP contribution >= 0.6 is 0 Å². The lowest BCUT2D eigenvalue weighted by Crippen LogP contribution is -2.18. The molecule has 0 radical (unpaired) electrons. The summed E-state index contributed by atoms with van der Waals surface area (Å²) in [5.41, 5.74) is 14.4. The first-order chi connectivity index (χ1) is 23.3. The summed E-state index contributed by atoms with van der Waals surface area (Å²) in [6, 6.07) is 35.4. The first-order valence-corrected chi connectivity index (χ1v) is 18.0. The van der Waals surface area contributed by atoms with E-state index in [-0.39, 0.29) is 21.7 Å². The van der Waals surface area contributed by atoms with Gasteiger partial charge in [-0.05, 0) is 60.9 Å². The lowest BCUT2D eigenvalue weighted by atomic mass is 9.85. The van der Waals surface area contributed by atoms with Crippen molar-refractivity contribution >= 4 is 11.3 Å². The molecule has 6 rings (SSSR count). The summed E-state index contributed by atoms with van der Waals surface area (Å²) < 4.78 is 0. The maximum atomic E-state index is 4.63. The van der Waals surface area contributed by atoms with Crippen LogP contribution in [0, 0.1) is 5.41 Å². The molecule has 1 aliphatic heterocycles. The number of H-pyrrole nitrogens is 1. The third-order valence-electron chi connectivity index (χ3n) is 9.51. The number of aromatic nitrogens is 2. The molecule has 0 aliphatic carbocycles. The van der Waals surface area contributed by atoms with Crippen LogP contribution in [0.4, 0.5) is 0 Å². The van der Waals surface area contributed by atoms with Crippen LogP contribution in [-0.2, 0) is 16.2 Å². The van der Waals surface area contributed by atoms with Crippen molar-refractivity contribution < 1.29 is 0 Å². The molecule has 5 aromatic rings. The maximum absolute atomic E-state index is 4.63. The molecular weight excluding hydrogens is 607 g/mol. The number of hydrogen-bond donors (Lipinski definition) is 1. The van der Waals surface area contributed by atoms with Gasteiger partial charge >= 0.3 is 0 Å². The fourth-order valence-electron chi connectivity index (χ4n) is 5.96. The van der Waals surface area contributed by atoms with Crippen molar-refractivity contribution in [3.63, 3.8) is 0 Å². The maximum Gasteiger partial charge on any atom is 0.111 e. The van der Waals surface area contributed by atoms with Crippen LogP contribution < -0.4 is 0 Å². The lowest BCUT2D eigenvalue weighted by molar-refractivity contribution is 0.553. The molecular formula is C47H57N3. The van der Waals surface area contributed by atoms with Crippen LogP contribution in [0.25, 0.3) is 39.1 Å². The predicted octanol–water partition coefficient (Wildman–Crippen LogP) is 13.2. The Bertz CT molecular complexity index is 1940. The summed E-state index contributed by atoms with van der Waals surface area (Å²) >= 11 is 0. The highest BCUT2D eigenvalue weighted by molar-refractivity contribution is 6.01. The Hall–Kier alpha value is -4.50. The van der Waals surface area contributed by atoms with Gasteiger partial charge in [0.25, 0.3) is 0 Å². The van der Waals surface area contributed by atoms with Crippen molar-refractivity contribution in [3.8, 4) is 33.5 Å². The van der Waals surface area contributed by atoms with E-state index in [1.807, 2.05) is 12.4 Å².